The maximum absolute atomic E-state index is 10.9. The molecule has 0 aromatic carbocycles. The first-order valence-corrected chi connectivity index (χ1v) is 5.80. The standard InChI is InChI=1S/C12H19N3O3/c1-17-7-8-18-6-2-4-14-10-3-5-15-11(9-10)12(13)16/h3,5,9H,2,4,6-8H2,1H3,(H2,13,16)(H,14,15). The van der Waals surface area contributed by atoms with E-state index in [4.69, 9.17) is 15.2 Å². The van der Waals surface area contributed by atoms with E-state index in [-0.39, 0.29) is 5.69 Å². The molecule has 0 radical (unpaired) electrons. The molecule has 3 N–H and O–H groups in total. The van der Waals surface area contributed by atoms with Crippen molar-refractivity contribution in [3.8, 4) is 0 Å². The summed E-state index contributed by atoms with van der Waals surface area (Å²) >= 11 is 0. The summed E-state index contributed by atoms with van der Waals surface area (Å²) in [4.78, 5) is 14.8. The molecule has 0 aliphatic heterocycles. The van der Waals surface area contributed by atoms with Crippen molar-refractivity contribution in [1.82, 2.24) is 4.98 Å². The summed E-state index contributed by atoms with van der Waals surface area (Å²) in [7, 11) is 1.64. The second kappa shape index (κ2) is 8.43. The van der Waals surface area contributed by atoms with Crippen LogP contribution in [0.25, 0.3) is 0 Å². The second-order valence-corrected chi connectivity index (χ2v) is 3.68. The average molecular weight is 253 g/mol. The zero-order valence-electron chi connectivity index (χ0n) is 10.5. The van der Waals surface area contributed by atoms with Crippen molar-refractivity contribution in [3.05, 3.63) is 24.0 Å². The fourth-order valence-electron chi connectivity index (χ4n) is 1.33. The van der Waals surface area contributed by atoms with Gasteiger partial charge in [-0.25, -0.2) is 0 Å². The molecule has 1 rings (SSSR count). The number of hydrogen-bond acceptors (Lipinski definition) is 5. The van der Waals surface area contributed by atoms with Crippen molar-refractivity contribution in [1.29, 1.82) is 0 Å². The van der Waals surface area contributed by atoms with Crippen LogP contribution in [0.5, 0.6) is 0 Å². The minimum atomic E-state index is -0.526. The van der Waals surface area contributed by atoms with Gasteiger partial charge in [0.15, 0.2) is 0 Å². The highest BCUT2D eigenvalue weighted by Crippen LogP contribution is 2.07. The first kappa shape index (κ1) is 14.4. The molecule has 0 aliphatic carbocycles. The van der Waals surface area contributed by atoms with Gasteiger partial charge in [0.1, 0.15) is 5.69 Å². The van der Waals surface area contributed by atoms with Crippen LogP contribution in [0.4, 0.5) is 5.69 Å². The molecule has 6 nitrogen and oxygen atoms in total. The van der Waals surface area contributed by atoms with Crippen molar-refractivity contribution in [2.75, 3.05) is 38.8 Å². The van der Waals surface area contributed by atoms with Crippen LogP contribution in [0, 0.1) is 0 Å². The smallest absolute Gasteiger partial charge is 0.267 e. The maximum Gasteiger partial charge on any atom is 0.267 e. The molecule has 0 saturated heterocycles. The highest BCUT2D eigenvalue weighted by atomic mass is 16.5. The molecule has 18 heavy (non-hydrogen) atoms. The monoisotopic (exact) mass is 253 g/mol. The lowest BCUT2D eigenvalue weighted by Gasteiger charge is -2.07. The van der Waals surface area contributed by atoms with Crippen molar-refractivity contribution in [2.24, 2.45) is 5.73 Å². The van der Waals surface area contributed by atoms with Gasteiger partial charge >= 0.3 is 0 Å². The molecule has 0 saturated carbocycles. The number of carbonyl (C=O) groups excluding carboxylic acids is 1. The molecule has 1 amide bonds. The number of carbonyl (C=O) groups is 1. The Morgan fingerprint density at radius 2 is 2.28 bits per heavy atom. The van der Waals surface area contributed by atoms with E-state index in [0.29, 0.717) is 19.8 Å². The Hall–Kier alpha value is -1.66. The summed E-state index contributed by atoms with van der Waals surface area (Å²) in [5.41, 5.74) is 6.23. The van der Waals surface area contributed by atoms with Crippen molar-refractivity contribution in [2.45, 2.75) is 6.42 Å². The number of methoxy groups -OCH3 is 1. The van der Waals surface area contributed by atoms with Gasteiger partial charge in [0.2, 0.25) is 0 Å². The molecule has 6 heteroatoms. The summed E-state index contributed by atoms with van der Waals surface area (Å²) in [6, 6.07) is 3.42. The number of ether oxygens (including phenoxy) is 2. The number of nitrogens with two attached hydrogens (primary N) is 1. The molecule has 0 bridgehead atoms. The third kappa shape index (κ3) is 5.60. The number of nitrogens with zero attached hydrogens (tertiary/aromatic N) is 1. The number of rotatable bonds is 9. The Kier molecular flexibility index (Phi) is 6.75. The molecule has 1 aromatic heterocycles. The van der Waals surface area contributed by atoms with Gasteiger partial charge in [-0.1, -0.05) is 0 Å². The summed E-state index contributed by atoms with van der Waals surface area (Å²) in [5, 5.41) is 3.17. The average Bonchev–Trinajstić information content (AvgIpc) is 2.38. The highest BCUT2D eigenvalue weighted by Gasteiger charge is 2.02. The molecule has 0 atom stereocenters. The van der Waals surface area contributed by atoms with Crippen LogP contribution < -0.4 is 11.1 Å². The van der Waals surface area contributed by atoms with E-state index >= 15 is 0 Å². The summed E-state index contributed by atoms with van der Waals surface area (Å²) in [6.45, 7) is 2.65. The topological polar surface area (TPSA) is 86.5 Å². The Balaban J connectivity index is 2.19. The van der Waals surface area contributed by atoms with E-state index in [1.54, 1.807) is 25.4 Å². The van der Waals surface area contributed by atoms with Gasteiger partial charge in [0.25, 0.3) is 5.91 Å². The molecule has 0 aliphatic rings. The van der Waals surface area contributed by atoms with E-state index < -0.39 is 5.91 Å². The molecule has 1 heterocycles. The molecular formula is C12H19N3O3. The zero-order chi connectivity index (χ0) is 13.2. The van der Waals surface area contributed by atoms with Gasteiger partial charge in [0, 0.05) is 32.1 Å². The number of hydrogen-bond donors (Lipinski definition) is 2. The molecule has 0 spiro atoms. The number of aromatic nitrogens is 1. The minimum Gasteiger partial charge on any atom is -0.385 e. The van der Waals surface area contributed by atoms with Crippen molar-refractivity contribution >= 4 is 11.6 Å². The van der Waals surface area contributed by atoms with Crippen LogP contribution in [0.2, 0.25) is 0 Å². The normalized spacial score (nSPS) is 10.3. The van der Waals surface area contributed by atoms with Gasteiger partial charge < -0.3 is 20.5 Å². The van der Waals surface area contributed by atoms with Gasteiger partial charge in [-0.2, -0.15) is 0 Å². The van der Waals surface area contributed by atoms with Crippen LogP contribution in [0.3, 0.4) is 0 Å². The minimum absolute atomic E-state index is 0.261. The number of anilines is 1. The van der Waals surface area contributed by atoms with Gasteiger partial charge in [-0.3, -0.25) is 9.78 Å². The predicted molar refractivity (Wildman–Crippen MR) is 68.6 cm³/mol. The first-order chi connectivity index (χ1) is 8.74. The van der Waals surface area contributed by atoms with E-state index in [9.17, 15) is 4.79 Å². The number of nitrogens with one attached hydrogen (secondary N) is 1. The number of pyridine rings is 1. The predicted octanol–water partition coefficient (Wildman–Crippen LogP) is 0.646. The Morgan fingerprint density at radius 1 is 1.44 bits per heavy atom. The third-order valence-electron chi connectivity index (χ3n) is 2.24. The third-order valence-corrected chi connectivity index (χ3v) is 2.24. The molecule has 0 fully saturated rings. The molecule has 100 valence electrons. The zero-order valence-corrected chi connectivity index (χ0v) is 10.5. The fraction of sp³-hybridized carbons (Fsp3) is 0.500. The Morgan fingerprint density at radius 3 is 3.00 bits per heavy atom. The van der Waals surface area contributed by atoms with Crippen LogP contribution in [-0.4, -0.2) is 44.4 Å². The second-order valence-electron chi connectivity index (χ2n) is 3.68. The summed E-state index contributed by atoms with van der Waals surface area (Å²) in [5.74, 6) is -0.526. The Bertz CT molecular complexity index is 371. The van der Waals surface area contributed by atoms with E-state index in [2.05, 4.69) is 10.3 Å². The first-order valence-electron chi connectivity index (χ1n) is 5.80. The summed E-state index contributed by atoms with van der Waals surface area (Å²) in [6.07, 6.45) is 2.43. The van der Waals surface area contributed by atoms with Crippen LogP contribution in [-0.2, 0) is 9.47 Å². The van der Waals surface area contributed by atoms with E-state index in [0.717, 1.165) is 18.7 Å². The van der Waals surface area contributed by atoms with E-state index in [1.165, 1.54) is 0 Å². The molecule has 1 aromatic rings. The summed E-state index contributed by atoms with van der Waals surface area (Å²) < 4.78 is 10.2. The highest BCUT2D eigenvalue weighted by molar-refractivity contribution is 5.91. The van der Waals surface area contributed by atoms with Gasteiger partial charge in [0.05, 0.1) is 13.2 Å². The lowest BCUT2D eigenvalue weighted by atomic mass is 10.3. The van der Waals surface area contributed by atoms with Crippen LogP contribution >= 0.6 is 0 Å². The molecular weight excluding hydrogens is 234 g/mol. The Labute approximate surface area is 106 Å². The number of primary amides is 1. The van der Waals surface area contributed by atoms with Gasteiger partial charge in [-0.05, 0) is 18.6 Å². The quantitative estimate of drug-likeness (QED) is 0.631. The van der Waals surface area contributed by atoms with E-state index in [1.807, 2.05) is 0 Å². The fourth-order valence-corrected chi connectivity index (χ4v) is 1.33. The lowest BCUT2D eigenvalue weighted by molar-refractivity contribution is 0.0705. The lowest BCUT2D eigenvalue weighted by Crippen LogP contribution is -2.14. The largest absolute Gasteiger partial charge is 0.385 e. The van der Waals surface area contributed by atoms with Crippen LogP contribution in [0.1, 0.15) is 16.9 Å². The molecule has 0 unspecified atom stereocenters. The SMILES string of the molecule is COCCOCCCNc1ccnc(C(N)=O)c1. The van der Waals surface area contributed by atoms with Crippen molar-refractivity contribution in [3.63, 3.8) is 0 Å². The van der Waals surface area contributed by atoms with Crippen molar-refractivity contribution < 1.29 is 14.3 Å². The maximum atomic E-state index is 10.9. The van der Waals surface area contributed by atoms with Crippen LogP contribution in [0.15, 0.2) is 18.3 Å². The van der Waals surface area contributed by atoms with Gasteiger partial charge in [-0.15, -0.1) is 0 Å². The number of amides is 1.